The Bertz CT molecular complexity index is 1390. The van der Waals surface area contributed by atoms with E-state index in [9.17, 15) is 0 Å². The van der Waals surface area contributed by atoms with Crippen LogP contribution < -0.4 is 15.5 Å². The quantitative estimate of drug-likeness (QED) is 0.419. The Balaban J connectivity index is 1.44. The van der Waals surface area contributed by atoms with Crippen LogP contribution in [0.1, 0.15) is 6.42 Å². The summed E-state index contributed by atoms with van der Waals surface area (Å²) in [6.45, 7) is 0.935. The molecule has 4 aromatic heterocycles. The van der Waals surface area contributed by atoms with Gasteiger partial charge in [0.2, 0.25) is 5.88 Å². The second kappa shape index (κ2) is 8.55. The molecule has 1 aliphatic heterocycles. The van der Waals surface area contributed by atoms with Gasteiger partial charge >= 0.3 is 0 Å². The molecule has 0 fully saturated rings. The van der Waals surface area contributed by atoms with E-state index < -0.39 is 0 Å². The Labute approximate surface area is 194 Å². The summed E-state index contributed by atoms with van der Waals surface area (Å²) in [4.78, 5) is 4.38. The molecule has 0 saturated carbocycles. The van der Waals surface area contributed by atoms with E-state index in [1.165, 1.54) is 0 Å². The molecule has 11 heteroatoms. The van der Waals surface area contributed by atoms with Crippen LogP contribution in [0.5, 0.6) is 5.88 Å². The van der Waals surface area contributed by atoms with Gasteiger partial charge < -0.3 is 10.1 Å². The summed E-state index contributed by atoms with van der Waals surface area (Å²) >= 11 is 5.98. The van der Waals surface area contributed by atoms with Gasteiger partial charge in [0.25, 0.3) is 0 Å². The first-order valence-corrected chi connectivity index (χ1v) is 10.8. The fourth-order valence-corrected chi connectivity index (χ4v) is 4.02. The Hall–Kier alpha value is -3.92. The SMILES string of the molecule is Cn1nccc1Nc1cc(-c2cc3n(c(=N)c2)C(=N)C(Cn2cc(Cl)cn2)CCO3)ccn1. The Morgan fingerprint density at radius 3 is 2.79 bits per heavy atom. The molecule has 1 unspecified atom stereocenters. The number of halogens is 1. The van der Waals surface area contributed by atoms with Gasteiger partial charge in [0.1, 0.15) is 23.0 Å². The number of fused-ring (bicyclic) bond motifs is 1. The van der Waals surface area contributed by atoms with E-state index in [-0.39, 0.29) is 11.4 Å². The number of rotatable bonds is 5. The van der Waals surface area contributed by atoms with E-state index in [0.29, 0.717) is 42.1 Å². The molecule has 5 rings (SSSR count). The normalized spacial score (nSPS) is 15.6. The summed E-state index contributed by atoms with van der Waals surface area (Å²) in [6.07, 6.45) is 7.37. The molecule has 1 atom stereocenters. The van der Waals surface area contributed by atoms with Gasteiger partial charge in [-0.05, 0) is 35.7 Å². The Morgan fingerprint density at radius 2 is 2.03 bits per heavy atom. The van der Waals surface area contributed by atoms with Crippen molar-refractivity contribution in [1.29, 1.82) is 10.8 Å². The smallest absolute Gasteiger partial charge is 0.201 e. The molecule has 0 spiro atoms. The van der Waals surface area contributed by atoms with Crippen LogP contribution in [-0.2, 0) is 13.6 Å². The molecule has 10 nitrogen and oxygen atoms in total. The third-order valence-corrected chi connectivity index (χ3v) is 5.75. The lowest BCUT2D eigenvalue weighted by molar-refractivity contribution is 0.286. The molecule has 3 N–H and O–H groups in total. The molecule has 4 aromatic rings. The van der Waals surface area contributed by atoms with Crippen molar-refractivity contribution >= 4 is 29.1 Å². The predicted octanol–water partition coefficient (Wildman–Crippen LogP) is 3.28. The van der Waals surface area contributed by atoms with E-state index in [2.05, 4.69) is 20.5 Å². The summed E-state index contributed by atoms with van der Waals surface area (Å²) < 4.78 is 11.0. The van der Waals surface area contributed by atoms with Crippen LogP contribution in [0, 0.1) is 16.7 Å². The molecule has 33 heavy (non-hydrogen) atoms. The molecule has 0 aliphatic carbocycles. The summed E-state index contributed by atoms with van der Waals surface area (Å²) in [5.41, 5.74) is 1.87. The molecule has 0 bridgehead atoms. The third kappa shape index (κ3) is 4.24. The number of nitrogens with one attached hydrogen (secondary N) is 3. The molecule has 0 radical (unpaired) electrons. The molecule has 1 aliphatic rings. The molecule has 0 saturated heterocycles. The van der Waals surface area contributed by atoms with E-state index >= 15 is 0 Å². The van der Waals surface area contributed by atoms with Gasteiger partial charge in [0.05, 0.1) is 30.6 Å². The average molecular weight is 464 g/mol. The van der Waals surface area contributed by atoms with Gasteiger partial charge in [0, 0.05) is 37.5 Å². The molecule has 0 aromatic carbocycles. The van der Waals surface area contributed by atoms with Crippen molar-refractivity contribution in [3.8, 4) is 17.0 Å². The largest absolute Gasteiger partial charge is 0.478 e. The van der Waals surface area contributed by atoms with Gasteiger partial charge in [-0.15, -0.1) is 0 Å². The van der Waals surface area contributed by atoms with Crippen LogP contribution in [0.2, 0.25) is 5.02 Å². The van der Waals surface area contributed by atoms with Crippen LogP contribution in [0.15, 0.2) is 55.1 Å². The zero-order valence-electron chi connectivity index (χ0n) is 17.9. The predicted molar refractivity (Wildman–Crippen MR) is 124 cm³/mol. The van der Waals surface area contributed by atoms with Crippen LogP contribution in [0.3, 0.4) is 0 Å². The minimum atomic E-state index is -0.155. The number of ether oxygens (including phenoxy) is 1. The maximum absolute atomic E-state index is 8.76. The number of anilines is 2. The zero-order valence-corrected chi connectivity index (χ0v) is 18.6. The van der Waals surface area contributed by atoms with Crippen LogP contribution >= 0.6 is 11.6 Å². The van der Waals surface area contributed by atoms with Crippen molar-refractivity contribution in [2.45, 2.75) is 13.0 Å². The van der Waals surface area contributed by atoms with Gasteiger partial charge in [-0.1, -0.05) is 11.6 Å². The van der Waals surface area contributed by atoms with Gasteiger partial charge in [-0.25, -0.2) is 4.98 Å². The lowest BCUT2D eigenvalue weighted by Crippen LogP contribution is -2.32. The lowest BCUT2D eigenvalue weighted by atomic mass is 10.0. The topological polar surface area (TPSA) is 122 Å². The number of nitrogens with zero attached hydrogens (tertiary/aromatic N) is 6. The van der Waals surface area contributed by atoms with Crippen molar-refractivity contribution in [3.63, 3.8) is 0 Å². The highest BCUT2D eigenvalue weighted by Gasteiger charge is 2.25. The van der Waals surface area contributed by atoms with E-state index in [1.54, 1.807) is 44.8 Å². The first kappa shape index (κ1) is 21.0. The Morgan fingerprint density at radius 1 is 1.15 bits per heavy atom. The fraction of sp³-hybridized carbons (Fsp3) is 0.227. The Kier molecular flexibility index (Phi) is 5.43. The second-order valence-electron chi connectivity index (χ2n) is 7.80. The number of aryl methyl sites for hydroxylation is 1. The number of aromatic nitrogens is 6. The van der Waals surface area contributed by atoms with E-state index in [0.717, 1.165) is 16.9 Å². The second-order valence-corrected chi connectivity index (χ2v) is 8.23. The first-order valence-electron chi connectivity index (χ1n) is 10.4. The molecule has 168 valence electrons. The maximum atomic E-state index is 8.76. The van der Waals surface area contributed by atoms with Gasteiger partial charge in [-0.2, -0.15) is 10.2 Å². The van der Waals surface area contributed by atoms with Crippen molar-refractivity contribution in [2.75, 3.05) is 11.9 Å². The van der Waals surface area contributed by atoms with Crippen molar-refractivity contribution in [1.82, 2.24) is 29.1 Å². The fourth-order valence-electron chi connectivity index (χ4n) is 3.86. The molecule has 5 heterocycles. The lowest BCUT2D eigenvalue weighted by Gasteiger charge is -2.18. The van der Waals surface area contributed by atoms with Crippen molar-refractivity contribution < 1.29 is 4.74 Å². The number of hydrogen-bond acceptors (Lipinski definition) is 7. The maximum Gasteiger partial charge on any atom is 0.201 e. The first-order chi connectivity index (χ1) is 16.0. The van der Waals surface area contributed by atoms with Crippen LogP contribution in [0.25, 0.3) is 11.1 Å². The molecular weight excluding hydrogens is 442 g/mol. The van der Waals surface area contributed by atoms with E-state index in [4.69, 9.17) is 27.2 Å². The van der Waals surface area contributed by atoms with Crippen LogP contribution in [0.4, 0.5) is 11.6 Å². The average Bonchev–Trinajstić information content (AvgIpc) is 3.35. The monoisotopic (exact) mass is 463 g/mol. The summed E-state index contributed by atoms with van der Waals surface area (Å²) in [7, 11) is 1.85. The highest BCUT2D eigenvalue weighted by molar-refractivity contribution is 6.30. The zero-order chi connectivity index (χ0) is 22.9. The van der Waals surface area contributed by atoms with E-state index in [1.807, 2.05) is 31.3 Å². The van der Waals surface area contributed by atoms with Crippen molar-refractivity contribution in [3.05, 3.63) is 65.6 Å². The highest BCUT2D eigenvalue weighted by atomic mass is 35.5. The summed E-state index contributed by atoms with van der Waals surface area (Å²) in [6, 6.07) is 9.25. The van der Waals surface area contributed by atoms with Crippen LogP contribution in [-0.4, -0.2) is 41.6 Å². The highest BCUT2D eigenvalue weighted by Crippen LogP contribution is 2.27. The van der Waals surface area contributed by atoms with Crippen molar-refractivity contribution in [2.24, 2.45) is 13.0 Å². The molecule has 0 amide bonds. The number of hydrogen-bond donors (Lipinski definition) is 3. The molecular formula is C22H22ClN9O. The van der Waals surface area contributed by atoms with Gasteiger partial charge in [0.15, 0.2) is 0 Å². The third-order valence-electron chi connectivity index (χ3n) is 5.56. The standard InChI is InChI=1S/C22H22ClN9O/c1-30-20(3-6-27-30)29-19-9-14(2-5-26-19)16-8-18(24)32-21(10-16)33-7-4-15(22(32)25)12-31-13-17(23)11-28-31/h2-3,5-6,8-11,13,15,24-25H,4,7,12H2,1H3,(H,26,29). The summed E-state index contributed by atoms with van der Waals surface area (Å²) in [5, 5.41) is 29.6. The number of pyridine rings is 2. The minimum absolute atomic E-state index is 0.155. The summed E-state index contributed by atoms with van der Waals surface area (Å²) in [5.74, 6) is 2.11. The van der Waals surface area contributed by atoms with Gasteiger partial charge in [-0.3, -0.25) is 24.7 Å². The minimum Gasteiger partial charge on any atom is -0.478 e.